The second-order valence-electron chi connectivity index (χ2n) is 9.13. The number of rotatable bonds is 4. The zero-order valence-corrected chi connectivity index (χ0v) is 20.6. The molecule has 2 aromatic carbocycles. The van der Waals surface area contributed by atoms with Crippen molar-refractivity contribution in [1.29, 1.82) is 0 Å². The first kappa shape index (κ1) is 22.4. The Morgan fingerprint density at radius 1 is 0.971 bits per heavy atom. The maximum Gasteiger partial charge on any atom is 0.270 e. The number of thiophene rings is 1. The number of benzene rings is 2. The van der Waals surface area contributed by atoms with Gasteiger partial charge in [0.25, 0.3) is 11.8 Å². The highest BCUT2D eigenvalue weighted by molar-refractivity contribution is 7.16. The smallest absolute Gasteiger partial charge is 0.270 e. The van der Waals surface area contributed by atoms with E-state index >= 15 is 0 Å². The van der Waals surface area contributed by atoms with Crippen LogP contribution in [0.5, 0.6) is 0 Å². The number of aryl methyl sites for hydroxylation is 1. The zero-order chi connectivity index (χ0) is 23.8. The van der Waals surface area contributed by atoms with Gasteiger partial charge in [-0.3, -0.25) is 9.59 Å². The highest BCUT2D eigenvalue weighted by atomic mass is 32.1. The van der Waals surface area contributed by atoms with E-state index in [4.69, 9.17) is 0 Å². The van der Waals surface area contributed by atoms with Crippen LogP contribution in [0.1, 0.15) is 51.9 Å². The SMILES string of the molecule is Cc1ccc(C(=O)N2CCN(C(=O)c3cc4ccsc4n3C(C)c3ccccc3)CC2C)cc1. The van der Waals surface area contributed by atoms with E-state index in [1.165, 1.54) is 5.56 Å². The van der Waals surface area contributed by atoms with Gasteiger partial charge in [0.2, 0.25) is 0 Å². The van der Waals surface area contributed by atoms with Crippen molar-refractivity contribution in [2.75, 3.05) is 19.6 Å². The van der Waals surface area contributed by atoms with Crippen LogP contribution in [0.25, 0.3) is 10.2 Å². The van der Waals surface area contributed by atoms with Crippen LogP contribution in [0.4, 0.5) is 0 Å². The first-order valence-corrected chi connectivity index (χ1v) is 12.6. The lowest BCUT2D eigenvalue weighted by atomic mass is 10.1. The van der Waals surface area contributed by atoms with Crippen molar-refractivity contribution in [3.63, 3.8) is 0 Å². The standard InChI is InChI=1S/C28H29N3O2S/c1-19-9-11-23(12-10-19)26(32)30-15-14-29(18-20(30)2)27(33)25-17-24-13-16-34-28(24)31(25)21(3)22-7-5-4-6-8-22/h4-13,16-17,20-21H,14-15,18H2,1-3H3. The topological polar surface area (TPSA) is 45.6 Å². The second-order valence-corrected chi connectivity index (χ2v) is 10.0. The maximum absolute atomic E-state index is 13.8. The molecule has 4 aromatic rings. The largest absolute Gasteiger partial charge is 0.334 e. The molecule has 2 aromatic heterocycles. The third-order valence-corrected chi connectivity index (χ3v) is 7.74. The minimum atomic E-state index is -0.0532. The Morgan fingerprint density at radius 2 is 1.71 bits per heavy atom. The third-order valence-electron chi connectivity index (χ3n) is 6.81. The Morgan fingerprint density at radius 3 is 2.41 bits per heavy atom. The molecule has 1 aliphatic rings. The van der Waals surface area contributed by atoms with E-state index in [9.17, 15) is 9.59 Å². The van der Waals surface area contributed by atoms with Crippen molar-refractivity contribution in [1.82, 2.24) is 14.4 Å². The summed E-state index contributed by atoms with van der Waals surface area (Å²) in [6.07, 6.45) is 0. The molecule has 1 aliphatic heterocycles. The number of fused-ring (bicyclic) bond motifs is 1. The highest BCUT2D eigenvalue weighted by Crippen LogP contribution is 2.32. The summed E-state index contributed by atoms with van der Waals surface area (Å²) in [6, 6.07) is 22.1. The fraction of sp³-hybridized carbons (Fsp3) is 0.286. The molecule has 2 atom stereocenters. The molecule has 0 spiro atoms. The van der Waals surface area contributed by atoms with Crippen LogP contribution in [-0.2, 0) is 0 Å². The molecule has 1 saturated heterocycles. The molecule has 0 saturated carbocycles. The Labute approximate surface area is 204 Å². The number of nitrogens with zero attached hydrogens (tertiary/aromatic N) is 3. The predicted octanol–water partition coefficient (Wildman–Crippen LogP) is 5.61. The number of carbonyl (C=O) groups excluding carboxylic acids is 2. The van der Waals surface area contributed by atoms with Gasteiger partial charge in [0.1, 0.15) is 10.5 Å². The van der Waals surface area contributed by atoms with Gasteiger partial charge in [-0.25, -0.2) is 0 Å². The van der Waals surface area contributed by atoms with Crippen molar-refractivity contribution in [2.45, 2.75) is 32.9 Å². The Kier molecular flexibility index (Phi) is 6.00. The lowest BCUT2D eigenvalue weighted by Crippen LogP contribution is -2.55. The summed E-state index contributed by atoms with van der Waals surface area (Å²) in [5.41, 5.74) is 3.71. The number of aromatic nitrogens is 1. The summed E-state index contributed by atoms with van der Waals surface area (Å²) in [4.78, 5) is 31.7. The number of hydrogen-bond acceptors (Lipinski definition) is 3. The molecule has 3 heterocycles. The lowest BCUT2D eigenvalue weighted by molar-refractivity contribution is 0.0409. The molecule has 0 radical (unpaired) electrons. The fourth-order valence-electron chi connectivity index (χ4n) is 4.84. The van der Waals surface area contributed by atoms with E-state index < -0.39 is 0 Å². The lowest BCUT2D eigenvalue weighted by Gasteiger charge is -2.40. The molecule has 1 fully saturated rings. The van der Waals surface area contributed by atoms with Gasteiger partial charge in [0, 0.05) is 36.6 Å². The van der Waals surface area contributed by atoms with Gasteiger partial charge in [0.15, 0.2) is 0 Å². The fourth-order valence-corrected chi connectivity index (χ4v) is 5.82. The minimum absolute atomic E-state index is 0.0282. The molecule has 2 amide bonds. The molecule has 0 aliphatic carbocycles. The van der Waals surface area contributed by atoms with E-state index in [0.29, 0.717) is 30.9 Å². The van der Waals surface area contributed by atoms with Gasteiger partial charge in [0.05, 0.1) is 6.04 Å². The Hall–Kier alpha value is -3.38. The van der Waals surface area contributed by atoms with E-state index in [-0.39, 0.29) is 23.9 Å². The molecular formula is C28H29N3O2S. The average Bonchev–Trinajstić information content (AvgIpc) is 3.45. The molecule has 2 unspecified atom stereocenters. The van der Waals surface area contributed by atoms with Gasteiger partial charge < -0.3 is 14.4 Å². The Balaban J connectivity index is 1.39. The number of hydrogen-bond donors (Lipinski definition) is 0. The van der Waals surface area contributed by atoms with Crippen LogP contribution in [0.3, 0.4) is 0 Å². The summed E-state index contributed by atoms with van der Waals surface area (Å²) in [5.74, 6) is 0.0571. The van der Waals surface area contributed by atoms with Crippen molar-refractivity contribution < 1.29 is 9.59 Å². The van der Waals surface area contributed by atoms with Gasteiger partial charge in [-0.2, -0.15) is 0 Å². The average molecular weight is 472 g/mol. The molecule has 0 bridgehead atoms. The van der Waals surface area contributed by atoms with Gasteiger partial charge in [-0.15, -0.1) is 11.3 Å². The highest BCUT2D eigenvalue weighted by Gasteiger charge is 2.32. The first-order valence-electron chi connectivity index (χ1n) is 11.7. The van der Waals surface area contributed by atoms with Gasteiger partial charge in [-0.05, 0) is 56.0 Å². The van der Waals surface area contributed by atoms with Crippen LogP contribution in [0.15, 0.2) is 72.1 Å². The van der Waals surface area contributed by atoms with Crippen LogP contribution in [0, 0.1) is 6.92 Å². The van der Waals surface area contributed by atoms with Crippen LogP contribution in [0.2, 0.25) is 0 Å². The minimum Gasteiger partial charge on any atom is -0.334 e. The van der Waals surface area contributed by atoms with Gasteiger partial charge in [-0.1, -0.05) is 48.0 Å². The van der Waals surface area contributed by atoms with E-state index in [0.717, 1.165) is 15.8 Å². The summed E-state index contributed by atoms with van der Waals surface area (Å²) in [6.45, 7) is 7.76. The van der Waals surface area contributed by atoms with E-state index in [2.05, 4.69) is 35.1 Å². The molecule has 174 valence electrons. The summed E-state index contributed by atoms with van der Waals surface area (Å²) < 4.78 is 2.17. The van der Waals surface area contributed by atoms with E-state index in [1.807, 2.05) is 72.2 Å². The second kappa shape index (κ2) is 9.11. The van der Waals surface area contributed by atoms with Crippen molar-refractivity contribution >= 4 is 33.4 Å². The molecule has 6 heteroatoms. The summed E-state index contributed by atoms with van der Waals surface area (Å²) in [5, 5.41) is 3.17. The summed E-state index contributed by atoms with van der Waals surface area (Å²) in [7, 11) is 0. The molecule has 34 heavy (non-hydrogen) atoms. The van der Waals surface area contributed by atoms with Crippen LogP contribution < -0.4 is 0 Å². The van der Waals surface area contributed by atoms with Crippen LogP contribution >= 0.6 is 11.3 Å². The monoisotopic (exact) mass is 471 g/mol. The summed E-state index contributed by atoms with van der Waals surface area (Å²) >= 11 is 1.66. The van der Waals surface area contributed by atoms with Crippen molar-refractivity contribution in [3.8, 4) is 0 Å². The van der Waals surface area contributed by atoms with Gasteiger partial charge >= 0.3 is 0 Å². The molecular weight excluding hydrogens is 442 g/mol. The maximum atomic E-state index is 13.8. The predicted molar refractivity (Wildman–Crippen MR) is 138 cm³/mol. The number of piperazine rings is 1. The normalized spacial score (nSPS) is 17.2. The molecule has 5 rings (SSSR count). The first-order chi connectivity index (χ1) is 16.4. The number of amides is 2. The molecule has 5 nitrogen and oxygen atoms in total. The van der Waals surface area contributed by atoms with Crippen molar-refractivity contribution in [3.05, 3.63) is 94.5 Å². The van der Waals surface area contributed by atoms with Crippen LogP contribution in [-0.4, -0.2) is 51.9 Å². The third kappa shape index (κ3) is 4.03. The quantitative estimate of drug-likeness (QED) is 0.389. The van der Waals surface area contributed by atoms with E-state index in [1.54, 1.807) is 11.3 Å². The Bertz CT molecular complexity index is 1320. The zero-order valence-electron chi connectivity index (χ0n) is 19.8. The molecule has 0 N–H and O–H groups in total. The van der Waals surface area contributed by atoms with Crippen molar-refractivity contribution in [2.24, 2.45) is 0 Å². The number of carbonyl (C=O) groups is 2.